The Bertz CT molecular complexity index is 436. The minimum Gasteiger partial charge on any atom is -0.300 e. The Balaban J connectivity index is 2.56. The van der Waals surface area contributed by atoms with E-state index in [9.17, 15) is 27.6 Å². The van der Waals surface area contributed by atoms with Gasteiger partial charge in [-0.1, -0.05) is 0 Å². The van der Waals surface area contributed by atoms with E-state index in [1.54, 1.807) is 0 Å². The zero-order valence-electron chi connectivity index (χ0n) is 8.71. The molecule has 0 aromatic rings. The van der Waals surface area contributed by atoms with Crippen LogP contribution in [0.15, 0.2) is 12.2 Å². The van der Waals surface area contributed by atoms with Crippen LogP contribution in [0.25, 0.3) is 0 Å². The first-order chi connectivity index (χ1) is 7.79. The van der Waals surface area contributed by atoms with Gasteiger partial charge in [0.15, 0.2) is 11.6 Å². The predicted octanol–water partition coefficient (Wildman–Crippen LogP) is 1.61. The largest absolute Gasteiger partial charge is 0.402 e. The molecule has 0 unspecified atom stereocenters. The van der Waals surface area contributed by atoms with Crippen molar-refractivity contribution in [3.05, 3.63) is 12.2 Å². The third kappa shape index (κ3) is 1.54. The van der Waals surface area contributed by atoms with E-state index in [1.807, 2.05) is 0 Å². The molecule has 0 spiro atoms. The molecule has 0 saturated heterocycles. The molecule has 3 nitrogen and oxygen atoms in total. The second-order valence-corrected chi connectivity index (χ2v) is 4.36. The van der Waals surface area contributed by atoms with E-state index in [1.165, 1.54) is 0 Å². The summed E-state index contributed by atoms with van der Waals surface area (Å²) < 4.78 is 39.3. The first kappa shape index (κ1) is 12.0. The first-order valence-corrected chi connectivity index (χ1v) is 5.14. The lowest BCUT2D eigenvalue weighted by atomic mass is 9.59. The summed E-state index contributed by atoms with van der Waals surface area (Å²) in [6.45, 7) is 0. The minimum atomic E-state index is -4.80. The Labute approximate surface area is 94.7 Å². The van der Waals surface area contributed by atoms with E-state index in [4.69, 9.17) is 0 Å². The van der Waals surface area contributed by atoms with Gasteiger partial charge in [-0.15, -0.1) is 0 Å². The second kappa shape index (κ2) is 3.51. The van der Waals surface area contributed by atoms with Gasteiger partial charge in [0.05, 0.1) is 5.92 Å². The standard InChI is InChI=1S/C11H9F3O3/c12-11(13,14)10-4-3-6(15)5-7(10)8(16)1-2-9(10)17/h1-2,7H,3-5H2/t7-,10+/m0/s1. The molecule has 92 valence electrons. The molecule has 0 radical (unpaired) electrons. The van der Waals surface area contributed by atoms with Gasteiger partial charge in [0.1, 0.15) is 11.2 Å². The van der Waals surface area contributed by atoms with Crippen LogP contribution in [0.5, 0.6) is 0 Å². The normalized spacial score (nSPS) is 33.8. The maximum atomic E-state index is 13.1. The number of rotatable bonds is 0. The number of ketones is 3. The molecule has 2 rings (SSSR count). The summed E-state index contributed by atoms with van der Waals surface area (Å²) in [7, 11) is 0. The predicted molar refractivity (Wildman–Crippen MR) is 50.0 cm³/mol. The molecule has 0 aromatic heterocycles. The van der Waals surface area contributed by atoms with Crippen molar-refractivity contribution >= 4 is 17.3 Å². The van der Waals surface area contributed by atoms with Gasteiger partial charge < -0.3 is 0 Å². The molecule has 0 N–H and O–H groups in total. The molecule has 6 heteroatoms. The number of halogens is 3. The Morgan fingerprint density at radius 2 is 1.82 bits per heavy atom. The summed E-state index contributed by atoms with van der Waals surface area (Å²) in [6, 6.07) is 0. The number of allylic oxidation sites excluding steroid dienone is 2. The fourth-order valence-corrected chi connectivity index (χ4v) is 2.55. The molecule has 0 aliphatic heterocycles. The van der Waals surface area contributed by atoms with Crippen molar-refractivity contribution in [2.75, 3.05) is 0 Å². The van der Waals surface area contributed by atoms with Crippen LogP contribution in [0.1, 0.15) is 19.3 Å². The molecular formula is C11H9F3O3. The van der Waals surface area contributed by atoms with Gasteiger partial charge in [-0.05, 0) is 18.6 Å². The number of Topliss-reactive ketones (excluding diaryl/α,β-unsaturated/α-hetero) is 1. The maximum Gasteiger partial charge on any atom is 0.402 e. The fraction of sp³-hybridized carbons (Fsp3) is 0.545. The smallest absolute Gasteiger partial charge is 0.300 e. The number of carbonyl (C=O) groups is 3. The lowest BCUT2D eigenvalue weighted by Crippen LogP contribution is -2.56. The summed E-state index contributed by atoms with van der Waals surface area (Å²) in [4.78, 5) is 34.2. The van der Waals surface area contributed by atoms with Crippen molar-refractivity contribution < 1.29 is 27.6 Å². The number of hydrogen-bond donors (Lipinski definition) is 0. The van der Waals surface area contributed by atoms with Crippen molar-refractivity contribution in [1.29, 1.82) is 0 Å². The highest BCUT2D eigenvalue weighted by molar-refractivity contribution is 6.11. The van der Waals surface area contributed by atoms with E-state index in [2.05, 4.69) is 0 Å². The van der Waals surface area contributed by atoms with E-state index >= 15 is 0 Å². The molecule has 2 aliphatic rings. The van der Waals surface area contributed by atoms with E-state index < -0.39 is 47.7 Å². The molecule has 0 heterocycles. The lowest BCUT2D eigenvalue weighted by Gasteiger charge is -2.43. The Kier molecular flexibility index (Phi) is 2.48. The summed E-state index contributed by atoms with van der Waals surface area (Å²) in [6.07, 6.45) is -4.68. The van der Waals surface area contributed by atoms with Crippen LogP contribution in [0.4, 0.5) is 13.2 Å². The van der Waals surface area contributed by atoms with Crippen molar-refractivity contribution in [3.63, 3.8) is 0 Å². The number of fused-ring (bicyclic) bond motifs is 1. The van der Waals surface area contributed by atoms with E-state index in [-0.39, 0.29) is 6.42 Å². The van der Waals surface area contributed by atoms with Crippen LogP contribution in [-0.2, 0) is 14.4 Å². The van der Waals surface area contributed by atoms with E-state index in [0.717, 1.165) is 6.08 Å². The quantitative estimate of drug-likeness (QED) is 0.652. The van der Waals surface area contributed by atoms with Crippen molar-refractivity contribution in [3.8, 4) is 0 Å². The topological polar surface area (TPSA) is 51.2 Å². The Hall–Kier alpha value is -1.46. The maximum absolute atomic E-state index is 13.1. The third-order valence-corrected chi connectivity index (χ3v) is 3.51. The third-order valence-electron chi connectivity index (χ3n) is 3.51. The van der Waals surface area contributed by atoms with Gasteiger partial charge in [-0.3, -0.25) is 14.4 Å². The summed E-state index contributed by atoms with van der Waals surface area (Å²) >= 11 is 0. The fourth-order valence-electron chi connectivity index (χ4n) is 2.55. The van der Waals surface area contributed by atoms with Crippen LogP contribution in [0.3, 0.4) is 0 Å². The van der Waals surface area contributed by atoms with Gasteiger partial charge in [0, 0.05) is 12.8 Å². The summed E-state index contributed by atoms with van der Waals surface area (Å²) in [5.41, 5.74) is -2.67. The van der Waals surface area contributed by atoms with Gasteiger partial charge in [-0.2, -0.15) is 13.2 Å². The van der Waals surface area contributed by atoms with Gasteiger partial charge in [0.2, 0.25) is 0 Å². The summed E-state index contributed by atoms with van der Waals surface area (Å²) in [5.74, 6) is -3.86. The second-order valence-electron chi connectivity index (χ2n) is 4.36. The lowest BCUT2D eigenvalue weighted by molar-refractivity contribution is -0.238. The summed E-state index contributed by atoms with van der Waals surface area (Å²) in [5, 5.41) is 0. The zero-order valence-corrected chi connectivity index (χ0v) is 8.71. The molecule has 2 aliphatic carbocycles. The highest BCUT2D eigenvalue weighted by Gasteiger charge is 2.67. The number of alkyl halides is 3. The van der Waals surface area contributed by atoms with Crippen LogP contribution < -0.4 is 0 Å². The molecule has 0 bridgehead atoms. The average molecular weight is 246 g/mol. The zero-order chi connectivity index (χ0) is 12.8. The molecule has 2 atom stereocenters. The molecular weight excluding hydrogens is 237 g/mol. The van der Waals surface area contributed by atoms with Gasteiger partial charge in [0.25, 0.3) is 0 Å². The monoisotopic (exact) mass is 246 g/mol. The van der Waals surface area contributed by atoms with Crippen molar-refractivity contribution in [1.82, 2.24) is 0 Å². The van der Waals surface area contributed by atoms with Crippen LogP contribution in [-0.4, -0.2) is 23.5 Å². The number of hydrogen-bond acceptors (Lipinski definition) is 3. The molecule has 1 fully saturated rings. The minimum absolute atomic E-state index is 0.303. The SMILES string of the molecule is O=C1CC[C@]2(C(F)(F)F)C(=O)C=CC(=O)[C@@H]2C1. The molecule has 1 saturated carbocycles. The van der Waals surface area contributed by atoms with E-state index in [0.29, 0.717) is 6.08 Å². The molecule has 0 amide bonds. The highest BCUT2D eigenvalue weighted by atomic mass is 19.4. The Morgan fingerprint density at radius 1 is 1.18 bits per heavy atom. The van der Waals surface area contributed by atoms with Gasteiger partial charge in [-0.25, -0.2) is 0 Å². The highest BCUT2D eigenvalue weighted by Crippen LogP contribution is 2.54. The van der Waals surface area contributed by atoms with Gasteiger partial charge >= 0.3 is 6.18 Å². The van der Waals surface area contributed by atoms with Crippen molar-refractivity contribution in [2.24, 2.45) is 11.3 Å². The van der Waals surface area contributed by atoms with Crippen LogP contribution in [0.2, 0.25) is 0 Å². The van der Waals surface area contributed by atoms with Crippen LogP contribution in [0, 0.1) is 11.3 Å². The van der Waals surface area contributed by atoms with Crippen molar-refractivity contribution in [2.45, 2.75) is 25.4 Å². The number of carbonyl (C=O) groups excluding carboxylic acids is 3. The molecule has 0 aromatic carbocycles. The van der Waals surface area contributed by atoms with Crippen LogP contribution >= 0.6 is 0 Å². The molecule has 17 heavy (non-hydrogen) atoms. The average Bonchev–Trinajstić information content (AvgIpc) is 2.22. The Morgan fingerprint density at radius 3 is 2.41 bits per heavy atom. The first-order valence-electron chi connectivity index (χ1n) is 5.14.